The van der Waals surface area contributed by atoms with Gasteiger partial charge in [-0.05, 0) is 53.4 Å². The van der Waals surface area contributed by atoms with Gasteiger partial charge in [-0.1, -0.05) is 19.8 Å². The van der Waals surface area contributed by atoms with Crippen LogP contribution in [-0.2, 0) is 4.79 Å². The number of hydrogen-bond donors (Lipinski definition) is 2. The van der Waals surface area contributed by atoms with E-state index < -0.39 is 0 Å². The van der Waals surface area contributed by atoms with Crippen molar-refractivity contribution in [2.75, 3.05) is 11.1 Å². The first-order valence-electron chi connectivity index (χ1n) is 6.44. The third-order valence-electron chi connectivity index (χ3n) is 3.98. The van der Waals surface area contributed by atoms with Crippen molar-refractivity contribution in [1.29, 1.82) is 0 Å². The Hall–Kier alpha value is -1.03. The standard InChI is InChI=1S/C14H19BrN2O/c1-2-14(7-3-4-8-14)13(18)17-10-5-6-12(16)11(15)9-10/h5-6,9H,2-4,7-8,16H2,1H3,(H,17,18). The van der Waals surface area contributed by atoms with Gasteiger partial charge in [0.05, 0.1) is 0 Å². The van der Waals surface area contributed by atoms with Crippen LogP contribution in [0.15, 0.2) is 22.7 Å². The molecule has 1 amide bonds. The van der Waals surface area contributed by atoms with Crippen molar-refractivity contribution < 1.29 is 4.79 Å². The summed E-state index contributed by atoms with van der Waals surface area (Å²) in [5.74, 6) is 0.152. The third kappa shape index (κ3) is 2.53. The van der Waals surface area contributed by atoms with Crippen molar-refractivity contribution in [3.8, 4) is 0 Å². The van der Waals surface area contributed by atoms with Crippen LogP contribution in [0.5, 0.6) is 0 Å². The monoisotopic (exact) mass is 310 g/mol. The van der Waals surface area contributed by atoms with Crippen LogP contribution in [0.25, 0.3) is 0 Å². The second kappa shape index (κ2) is 5.31. The van der Waals surface area contributed by atoms with Crippen molar-refractivity contribution >= 4 is 33.2 Å². The minimum atomic E-state index is -0.159. The fourth-order valence-corrected chi connectivity index (χ4v) is 3.04. The van der Waals surface area contributed by atoms with Gasteiger partial charge in [-0.2, -0.15) is 0 Å². The summed E-state index contributed by atoms with van der Waals surface area (Å²) >= 11 is 3.37. The molecule has 1 aromatic rings. The molecule has 0 spiro atoms. The SMILES string of the molecule is CCC1(C(=O)Nc2ccc(N)c(Br)c2)CCCC1. The predicted octanol–water partition coefficient (Wildman–Crippen LogP) is 3.94. The van der Waals surface area contributed by atoms with Gasteiger partial charge in [0.25, 0.3) is 0 Å². The highest BCUT2D eigenvalue weighted by Gasteiger charge is 2.39. The Morgan fingerprint density at radius 3 is 2.67 bits per heavy atom. The van der Waals surface area contributed by atoms with Crippen LogP contribution in [0.1, 0.15) is 39.0 Å². The Labute approximate surface area is 116 Å². The van der Waals surface area contributed by atoms with E-state index in [1.54, 1.807) is 6.07 Å². The second-order valence-corrected chi connectivity index (χ2v) is 5.89. The molecule has 1 aromatic carbocycles. The van der Waals surface area contributed by atoms with Crippen molar-refractivity contribution in [2.24, 2.45) is 5.41 Å². The maximum absolute atomic E-state index is 12.4. The first kappa shape index (κ1) is 13.4. The lowest BCUT2D eigenvalue weighted by molar-refractivity contribution is -0.125. The number of nitrogens with one attached hydrogen (secondary N) is 1. The highest BCUT2D eigenvalue weighted by atomic mass is 79.9. The van der Waals surface area contributed by atoms with Crippen molar-refractivity contribution in [1.82, 2.24) is 0 Å². The highest BCUT2D eigenvalue weighted by molar-refractivity contribution is 9.10. The Balaban J connectivity index is 2.13. The van der Waals surface area contributed by atoms with Gasteiger partial charge in [-0.15, -0.1) is 0 Å². The molecular weight excluding hydrogens is 292 g/mol. The molecule has 18 heavy (non-hydrogen) atoms. The number of halogens is 1. The molecule has 1 fully saturated rings. The average Bonchev–Trinajstić information content (AvgIpc) is 2.84. The predicted molar refractivity (Wildman–Crippen MR) is 78.4 cm³/mol. The Morgan fingerprint density at radius 2 is 2.11 bits per heavy atom. The molecule has 0 radical (unpaired) electrons. The van der Waals surface area contributed by atoms with E-state index in [1.165, 1.54) is 0 Å². The summed E-state index contributed by atoms with van der Waals surface area (Å²) in [7, 11) is 0. The molecule has 0 unspecified atom stereocenters. The van der Waals surface area contributed by atoms with Crippen LogP contribution in [0.2, 0.25) is 0 Å². The molecule has 0 aromatic heterocycles. The molecule has 0 atom stereocenters. The van der Waals surface area contributed by atoms with Crippen molar-refractivity contribution in [2.45, 2.75) is 39.0 Å². The topological polar surface area (TPSA) is 55.1 Å². The van der Waals surface area contributed by atoms with Crippen LogP contribution in [0.4, 0.5) is 11.4 Å². The number of hydrogen-bond acceptors (Lipinski definition) is 2. The summed E-state index contributed by atoms with van der Waals surface area (Å²) in [4.78, 5) is 12.4. The zero-order valence-electron chi connectivity index (χ0n) is 10.6. The largest absolute Gasteiger partial charge is 0.398 e. The molecular formula is C14H19BrN2O. The van der Waals surface area contributed by atoms with E-state index in [1.807, 2.05) is 12.1 Å². The van der Waals surface area contributed by atoms with Gasteiger partial charge in [0, 0.05) is 21.3 Å². The van der Waals surface area contributed by atoms with Gasteiger partial charge >= 0.3 is 0 Å². The van der Waals surface area contributed by atoms with E-state index >= 15 is 0 Å². The fourth-order valence-electron chi connectivity index (χ4n) is 2.66. The fraction of sp³-hybridized carbons (Fsp3) is 0.500. The first-order valence-corrected chi connectivity index (χ1v) is 7.23. The van der Waals surface area contributed by atoms with Crippen LogP contribution < -0.4 is 11.1 Å². The summed E-state index contributed by atoms with van der Waals surface area (Å²) < 4.78 is 0.817. The number of anilines is 2. The molecule has 98 valence electrons. The molecule has 0 saturated heterocycles. The summed E-state index contributed by atoms with van der Waals surface area (Å²) in [6.07, 6.45) is 5.24. The quantitative estimate of drug-likeness (QED) is 0.831. The summed E-state index contributed by atoms with van der Waals surface area (Å²) in [5.41, 5.74) is 7.06. The van der Waals surface area contributed by atoms with E-state index in [4.69, 9.17) is 5.73 Å². The number of nitrogen functional groups attached to an aromatic ring is 1. The zero-order valence-corrected chi connectivity index (χ0v) is 12.2. The van der Waals surface area contributed by atoms with Gasteiger partial charge in [-0.3, -0.25) is 4.79 Å². The number of rotatable bonds is 3. The maximum atomic E-state index is 12.4. The lowest BCUT2D eigenvalue weighted by Crippen LogP contribution is -2.33. The number of amides is 1. The highest BCUT2D eigenvalue weighted by Crippen LogP contribution is 2.42. The minimum Gasteiger partial charge on any atom is -0.398 e. The summed E-state index contributed by atoms with van der Waals surface area (Å²) in [5, 5.41) is 3.02. The van der Waals surface area contributed by atoms with E-state index in [9.17, 15) is 4.79 Å². The molecule has 1 saturated carbocycles. The third-order valence-corrected chi connectivity index (χ3v) is 4.66. The summed E-state index contributed by atoms with van der Waals surface area (Å²) in [6.45, 7) is 2.10. The number of nitrogens with two attached hydrogens (primary N) is 1. The minimum absolute atomic E-state index is 0.152. The first-order chi connectivity index (χ1) is 8.57. The Kier molecular flexibility index (Phi) is 3.95. The Morgan fingerprint density at radius 1 is 1.44 bits per heavy atom. The van der Waals surface area contributed by atoms with Gasteiger partial charge in [0.1, 0.15) is 0 Å². The van der Waals surface area contributed by atoms with Crippen LogP contribution in [0.3, 0.4) is 0 Å². The molecule has 0 bridgehead atoms. The number of benzene rings is 1. The molecule has 2 rings (SSSR count). The normalized spacial score (nSPS) is 17.7. The second-order valence-electron chi connectivity index (χ2n) is 5.03. The molecule has 1 aliphatic carbocycles. The summed E-state index contributed by atoms with van der Waals surface area (Å²) in [6, 6.07) is 5.49. The van der Waals surface area contributed by atoms with E-state index in [2.05, 4.69) is 28.2 Å². The van der Waals surface area contributed by atoms with Gasteiger partial charge in [0.2, 0.25) is 5.91 Å². The molecule has 0 heterocycles. The van der Waals surface area contributed by atoms with Crippen LogP contribution in [0, 0.1) is 5.41 Å². The van der Waals surface area contributed by atoms with Crippen molar-refractivity contribution in [3.05, 3.63) is 22.7 Å². The lowest BCUT2D eigenvalue weighted by Gasteiger charge is -2.26. The maximum Gasteiger partial charge on any atom is 0.230 e. The lowest BCUT2D eigenvalue weighted by atomic mass is 9.82. The Bertz CT molecular complexity index is 453. The van der Waals surface area contributed by atoms with Crippen LogP contribution >= 0.6 is 15.9 Å². The van der Waals surface area contributed by atoms with Gasteiger partial charge in [-0.25, -0.2) is 0 Å². The van der Waals surface area contributed by atoms with E-state index in [0.29, 0.717) is 5.69 Å². The average molecular weight is 311 g/mol. The number of carbonyl (C=O) groups is 1. The molecule has 3 nitrogen and oxygen atoms in total. The smallest absolute Gasteiger partial charge is 0.230 e. The molecule has 1 aliphatic rings. The van der Waals surface area contributed by atoms with Crippen LogP contribution in [-0.4, -0.2) is 5.91 Å². The van der Waals surface area contributed by atoms with E-state index in [0.717, 1.165) is 42.3 Å². The molecule has 3 N–H and O–H groups in total. The van der Waals surface area contributed by atoms with Crippen molar-refractivity contribution in [3.63, 3.8) is 0 Å². The van der Waals surface area contributed by atoms with E-state index in [-0.39, 0.29) is 11.3 Å². The molecule has 0 aliphatic heterocycles. The molecule has 4 heteroatoms. The van der Waals surface area contributed by atoms with Gasteiger partial charge < -0.3 is 11.1 Å². The zero-order chi connectivity index (χ0) is 13.2. The number of carbonyl (C=O) groups excluding carboxylic acids is 1. The van der Waals surface area contributed by atoms with Gasteiger partial charge in [0.15, 0.2) is 0 Å².